The van der Waals surface area contributed by atoms with E-state index >= 15 is 0 Å². The average molecular weight is 254 g/mol. The van der Waals surface area contributed by atoms with E-state index in [1.807, 2.05) is 0 Å². The van der Waals surface area contributed by atoms with Gasteiger partial charge in [0, 0.05) is 23.2 Å². The van der Waals surface area contributed by atoms with E-state index < -0.39 is 0 Å². The zero-order valence-corrected chi connectivity index (χ0v) is 10.1. The number of hydrogen-bond acceptors (Lipinski definition) is 1. The minimum absolute atomic E-state index is 0.930. The molecule has 1 aliphatic rings. The Bertz CT molecular complexity index is 305. The maximum Gasteiger partial charge on any atom is 0.0377 e. The third kappa shape index (κ3) is 2.11. The molecule has 2 heteroatoms. The monoisotopic (exact) mass is 253 g/mol. The summed E-state index contributed by atoms with van der Waals surface area (Å²) in [4.78, 5) is 2.45. The van der Waals surface area contributed by atoms with E-state index in [-0.39, 0.29) is 0 Å². The first-order chi connectivity index (χ1) is 6.79. The highest BCUT2D eigenvalue weighted by atomic mass is 79.9. The number of benzene rings is 1. The molecule has 1 aromatic carbocycles. The van der Waals surface area contributed by atoms with Crippen LogP contribution in [0.1, 0.15) is 19.8 Å². The van der Waals surface area contributed by atoms with Crippen molar-refractivity contribution in [1.29, 1.82) is 0 Å². The second-order valence-corrected chi connectivity index (χ2v) is 4.96. The molecule has 14 heavy (non-hydrogen) atoms. The molecule has 1 saturated heterocycles. The smallest absolute Gasteiger partial charge is 0.0377 e. The maximum atomic E-state index is 3.50. The zero-order valence-electron chi connectivity index (χ0n) is 8.54. The van der Waals surface area contributed by atoms with Gasteiger partial charge in [-0.2, -0.15) is 0 Å². The first-order valence-corrected chi connectivity index (χ1v) is 6.09. The predicted molar refractivity (Wildman–Crippen MR) is 64.8 cm³/mol. The van der Waals surface area contributed by atoms with Gasteiger partial charge in [0.1, 0.15) is 0 Å². The van der Waals surface area contributed by atoms with Gasteiger partial charge in [0.25, 0.3) is 0 Å². The molecule has 0 aromatic heterocycles. The molecule has 0 radical (unpaired) electrons. The summed E-state index contributed by atoms with van der Waals surface area (Å²) in [6.45, 7) is 4.75. The Labute approximate surface area is 94.2 Å². The summed E-state index contributed by atoms with van der Waals surface area (Å²) in [6, 6.07) is 8.56. The third-order valence-electron chi connectivity index (χ3n) is 2.83. The second kappa shape index (κ2) is 4.35. The Morgan fingerprint density at radius 2 is 2.21 bits per heavy atom. The third-order valence-corrected chi connectivity index (χ3v) is 3.32. The molecule has 0 unspecified atom stereocenters. The van der Waals surface area contributed by atoms with E-state index in [1.165, 1.54) is 36.1 Å². The van der Waals surface area contributed by atoms with Gasteiger partial charge in [0.2, 0.25) is 0 Å². The van der Waals surface area contributed by atoms with Crippen LogP contribution in [0.25, 0.3) is 0 Å². The lowest BCUT2D eigenvalue weighted by molar-refractivity contribution is 0.380. The van der Waals surface area contributed by atoms with Crippen LogP contribution in [0.4, 0.5) is 5.69 Å². The summed E-state index contributed by atoms with van der Waals surface area (Å²) in [5.41, 5.74) is 1.35. The summed E-state index contributed by atoms with van der Waals surface area (Å²) in [5.74, 6) is 0.930. The van der Waals surface area contributed by atoms with Crippen molar-refractivity contribution in [2.24, 2.45) is 5.92 Å². The molecule has 1 aromatic rings. The summed E-state index contributed by atoms with van der Waals surface area (Å²) in [6.07, 6.45) is 2.70. The first-order valence-electron chi connectivity index (χ1n) is 5.30. The van der Waals surface area contributed by atoms with Crippen molar-refractivity contribution in [3.05, 3.63) is 28.7 Å². The zero-order chi connectivity index (χ0) is 9.97. The molecule has 1 aliphatic heterocycles. The van der Waals surface area contributed by atoms with Crippen LogP contribution in [-0.4, -0.2) is 13.1 Å². The van der Waals surface area contributed by atoms with Gasteiger partial charge in [-0.15, -0.1) is 0 Å². The highest BCUT2D eigenvalue weighted by molar-refractivity contribution is 9.10. The van der Waals surface area contributed by atoms with E-state index in [0.717, 1.165) is 5.92 Å². The van der Waals surface area contributed by atoms with Gasteiger partial charge >= 0.3 is 0 Å². The minimum Gasteiger partial charge on any atom is -0.371 e. The number of rotatable bonds is 3. The number of anilines is 1. The molecule has 2 rings (SSSR count). The van der Waals surface area contributed by atoms with Gasteiger partial charge < -0.3 is 4.90 Å². The van der Waals surface area contributed by atoms with Crippen molar-refractivity contribution < 1.29 is 0 Å². The Hall–Kier alpha value is -0.500. The predicted octanol–water partition coefficient (Wildman–Crippen LogP) is 3.69. The molecule has 1 fully saturated rings. The van der Waals surface area contributed by atoms with E-state index in [4.69, 9.17) is 0 Å². The van der Waals surface area contributed by atoms with Gasteiger partial charge in [-0.3, -0.25) is 0 Å². The molecule has 1 heterocycles. The van der Waals surface area contributed by atoms with E-state index in [9.17, 15) is 0 Å². The number of halogens is 1. The molecular formula is C12H16BrN. The van der Waals surface area contributed by atoms with E-state index in [2.05, 4.69) is 52.0 Å². The highest BCUT2D eigenvalue weighted by Crippen LogP contribution is 2.28. The van der Waals surface area contributed by atoms with Crippen LogP contribution in [0.2, 0.25) is 0 Å². The molecular weight excluding hydrogens is 238 g/mol. The molecule has 0 amide bonds. The van der Waals surface area contributed by atoms with Crippen molar-refractivity contribution in [2.75, 3.05) is 18.0 Å². The molecule has 0 spiro atoms. The lowest BCUT2D eigenvalue weighted by atomic mass is 9.94. The van der Waals surface area contributed by atoms with Crippen molar-refractivity contribution >= 4 is 21.6 Å². The van der Waals surface area contributed by atoms with Crippen LogP contribution in [-0.2, 0) is 0 Å². The SMILES string of the molecule is CCCC1CN(c2cccc(Br)c2)C1. The van der Waals surface area contributed by atoms with Gasteiger partial charge in [-0.25, -0.2) is 0 Å². The van der Waals surface area contributed by atoms with Crippen LogP contribution in [0, 0.1) is 5.92 Å². The van der Waals surface area contributed by atoms with Gasteiger partial charge in [-0.05, 0) is 30.5 Å². The molecule has 0 atom stereocenters. The van der Waals surface area contributed by atoms with Crippen LogP contribution in [0.3, 0.4) is 0 Å². The quantitative estimate of drug-likeness (QED) is 0.795. The molecule has 0 bridgehead atoms. The summed E-state index contributed by atoms with van der Waals surface area (Å²) >= 11 is 3.50. The summed E-state index contributed by atoms with van der Waals surface area (Å²) < 4.78 is 1.17. The highest BCUT2D eigenvalue weighted by Gasteiger charge is 2.25. The Morgan fingerprint density at radius 1 is 1.43 bits per heavy atom. The fourth-order valence-corrected chi connectivity index (χ4v) is 2.43. The van der Waals surface area contributed by atoms with Crippen LogP contribution < -0.4 is 4.90 Å². The molecule has 0 N–H and O–H groups in total. The van der Waals surface area contributed by atoms with Crippen LogP contribution >= 0.6 is 15.9 Å². The van der Waals surface area contributed by atoms with Crippen LogP contribution in [0.5, 0.6) is 0 Å². The Morgan fingerprint density at radius 3 is 2.86 bits per heavy atom. The number of nitrogens with zero attached hydrogens (tertiary/aromatic N) is 1. The molecule has 0 aliphatic carbocycles. The van der Waals surface area contributed by atoms with Crippen LogP contribution in [0.15, 0.2) is 28.7 Å². The van der Waals surface area contributed by atoms with Crippen molar-refractivity contribution in [1.82, 2.24) is 0 Å². The van der Waals surface area contributed by atoms with Gasteiger partial charge in [0.05, 0.1) is 0 Å². The second-order valence-electron chi connectivity index (χ2n) is 4.04. The molecule has 0 saturated carbocycles. The summed E-state index contributed by atoms with van der Waals surface area (Å²) in [7, 11) is 0. The van der Waals surface area contributed by atoms with Crippen molar-refractivity contribution in [3.8, 4) is 0 Å². The Kier molecular flexibility index (Phi) is 3.12. The lowest BCUT2D eigenvalue weighted by Crippen LogP contribution is -2.46. The van der Waals surface area contributed by atoms with Crippen molar-refractivity contribution in [2.45, 2.75) is 19.8 Å². The first kappa shape index (κ1) is 10.0. The fourth-order valence-electron chi connectivity index (χ4n) is 2.04. The minimum atomic E-state index is 0.930. The van der Waals surface area contributed by atoms with Gasteiger partial charge in [-0.1, -0.05) is 35.3 Å². The largest absolute Gasteiger partial charge is 0.371 e. The summed E-state index contributed by atoms with van der Waals surface area (Å²) in [5, 5.41) is 0. The average Bonchev–Trinajstić information content (AvgIpc) is 2.10. The Balaban J connectivity index is 1.93. The molecule has 1 nitrogen and oxygen atoms in total. The standard InChI is InChI=1S/C12H16BrN/c1-2-4-10-8-14(9-10)12-6-3-5-11(13)7-12/h3,5-7,10H,2,4,8-9H2,1H3. The fraction of sp³-hybridized carbons (Fsp3) is 0.500. The van der Waals surface area contributed by atoms with Gasteiger partial charge in [0.15, 0.2) is 0 Å². The van der Waals surface area contributed by atoms with Crippen molar-refractivity contribution in [3.63, 3.8) is 0 Å². The topological polar surface area (TPSA) is 3.24 Å². The van der Waals surface area contributed by atoms with E-state index in [1.54, 1.807) is 0 Å². The molecule has 76 valence electrons. The maximum absolute atomic E-state index is 3.50. The normalized spacial score (nSPS) is 16.9. The van der Waals surface area contributed by atoms with E-state index in [0.29, 0.717) is 0 Å². The number of hydrogen-bond donors (Lipinski definition) is 0. The lowest BCUT2D eigenvalue weighted by Gasteiger charge is -2.41.